The molecule has 2 rings (SSSR count). The molecule has 0 saturated carbocycles. The first-order valence-electron chi connectivity index (χ1n) is 7.38. The maximum absolute atomic E-state index is 12.5. The average molecular weight is 289 g/mol. The van der Waals surface area contributed by atoms with Gasteiger partial charge in [-0.05, 0) is 19.1 Å². The van der Waals surface area contributed by atoms with Gasteiger partial charge in [-0.15, -0.1) is 0 Å². The third kappa shape index (κ3) is 4.69. The van der Waals surface area contributed by atoms with Gasteiger partial charge in [0.15, 0.2) is 5.78 Å². The number of carbonyl (C=O) groups is 1. The topological polar surface area (TPSA) is 38.8 Å². The van der Waals surface area contributed by atoms with Gasteiger partial charge in [0.25, 0.3) is 0 Å². The number of carbonyl (C=O) groups excluding carboxylic acids is 1. The van der Waals surface area contributed by atoms with Crippen LogP contribution in [0.3, 0.4) is 0 Å². The van der Waals surface area contributed by atoms with Crippen molar-refractivity contribution in [1.82, 2.24) is 4.90 Å². The second kappa shape index (κ2) is 7.96. The summed E-state index contributed by atoms with van der Waals surface area (Å²) in [4.78, 5) is 14.7. The van der Waals surface area contributed by atoms with E-state index in [-0.39, 0.29) is 5.78 Å². The van der Waals surface area contributed by atoms with Crippen LogP contribution in [-0.2, 0) is 4.74 Å². The van der Waals surface area contributed by atoms with Crippen LogP contribution in [0.2, 0.25) is 0 Å². The highest BCUT2D eigenvalue weighted by molar-refractivity contribution is 5.99. The molecular weight excluding hydrogens is 266 g/mol. The van der Waals surface area contributed by atoms with Gasteiger partial charge in [0.2, 0.25) is 0 Å². The van der Waals surface area contributed by atoms with Gasteiger partial charge >= 0.3 is 0 Å². The molecule has 0 N–H and O–H groups in total. The van der Waals surface area contributed by atoms with Gasteiger partial charge < -0.3 is 9.47 Å². The summed E-state index contributed by atoms with van der Waals surface area (Å²) in [6.45, 7) is 10.1. The molecular formula is C17H23NO3. The first-order valence-corrected chi connectivity index (χ1v) is 7.38. The van der Waals surface area contributed by atoms with Crippen molar-refractivity contribution in [3.05, 3.63) is 42.0 Å². The molecule has 0 unspecified atom stereocenters. The van der Waals surface area contributed by atoms with Gasteiger partial charge in [0.05, 0.1) is 18.8 Å². The first kappa shape index (κ1) is 15.7. The minimum Gasteiger partial charge on any atom is -0.489 e. The normalized spacial score (nSPS) is 15.7. The van der Waals surface area contributed by atoms with Crippen LogP contribution in [0.25, 0.3) is 0 Å². The minimum absolute atomic E-state index is 0.129. The maximum atomic E-state index is 12.5. The molecule has 1 aliphatic heterocycles. The number of nitrogens with zero attached hydrogens (tertiary/aromatic N) is 1. The lowest BCUT2D eigenvalue weighted by Crippen LogP contribution is -2.37. The van der Waals surface area contributed by atoms with Crippen molar-refractivity contribution < 1.29 is 14.3 Å². The van der Waals surface area contributed by atoms with E-state index in [2.05, 4.69) is 11.5 Å². The zero-order chi connectivity index (χ0) is 15.1. The summed E-state index contributed by atoms with van der Waals surface area (Å²) in [5.41, 5.74) is 1.74. The monoisotopic (exact) mass is 289 g/mol. The molecule has 4 heteroatoms. The predicted octanol–water partition coefficient (Wildman–Crippen LogP) is 2.46. The van der Waals surface area contributed by atoms with Crippen LogP contribution in [0.1, 0.15) is 22.3 Å². The second-order valence-corrected chi connectivity index (χ2v) is 5.23. The van der Waals surface area contributed by atoms with Crippen LogP contribution in [0, 0.1) is 6.92 Å². The van der Waals surface area contributed by atoms with Crippen molar-refractivity contribution in [2.75, 3.05) is 39.5 Å². The Labute approximate surface area is 126 Å². The number of morpholine rings is 1. The number of rotatable bonds is 7. The summed E-state index contributed by atoms with van der Waals surface area (Å²) < 4.78 is 10.9. The molecule has 21 heavy (non-hydrogen) atoms. The third-order valence-corrected chi connectivity index (χ3v) is 3.55. The van der Waals surface area contributed by atoms with Crippen LogP contribution in [0.5, 0.6) is 5.75 Å². The molecule has 114 valence electrons. The maximum Gasteiger partial charge on any atom is 0.167 e. The molecule has 1 fully saturated rings. The van der Waals surface area contributed by atoms with E-state index in [0.29, 0.717) is 24.3 Å². The number of benzene rings is 1. The van der Waals surface area contributed by atoms with Crippen LogP contribution in [0.15, 0.2) is 30.9 Å². The number of ketones is 1. The Kier molecular flexibility index (Phi) is 5.96. The van der Waals surface area contributed by atoms with Crippen molar-refractivity contribution in [2.45, 2.75) is 13.3 Å². The highest BCUT2D eigenvalue weighted by Crippen LogP contribution is 2.22. The van der Waals surface area contributed by atoms with E-state index in [1.807, 2.05) is 25.1 Å². The molecule has 0 amide bonds. The van der Waals surface area contributed by atoms with E-state index in [1.54, 1.807) is 6.08 Å². The van der Waals surface area contributed by atoms with Crippen molar-refractivity contribution in [2.24, 2.45) is 0 Å². The fraction of sp³-hybridized carbons (Fsp3) is 0.471. The molecule has 0 aliphatic carbocycles. The van der Waals surface area contributed by atoms with Gasteiger partial charge in [-0.2, -0.15) is 0 Å². The van der Waals surface area contributed by atoms with Gasteiger partial charge in [-0.25, -0.2) is 0 Å². The standard InChI is InChI=1S/C17H23NO3/c1-3-10-21-17-5-4-14(2)13-15(17)16(19)6-7-18-8-11-20-12-9-18/h3-5,13H,1,6-12H2,2H3. The number of Topliss-reactive ketones (excluding diaryl/α,β-unsaturated/α-hetero) is 1. The number of hydrogen-bond donors (Lipinski definition) is 0. The molecule has 1 saturated heterocycles. The molecule has 0 atom stereocenters. The number of aryl methyl sites for hydroxylation is 1. The SMILES string of the molecule is C=CCOc1ccc(C)cc1C(=O)CCN1CCOCC1. The lowest BCUT2D eigenvalue weighted by molar-refractivity contribution is 0.0370. The van der Waals surface area contributed by atoms with E-state index < -0.39 is 0 Å². The Balaban J connectivity index is 1.99. The molecule has 1 aromatic carbocycles. The summed E-state index contributed by atoms with van der Waals surface area (Å²) in [6.07, 6.45) is 2.19. The minimum atomic E-state index is 0.129. The van der Waals surface area contributed by atoms with E-state index in [1.165, 1.54) is 0 Å². The van der Waals surface area contributed by atoms with Crippen LogP contribution >= 0.6 is 0 Å². The number of hydrogen-bond acceptors (Lipinski definition) is 4. The highest BCUT2D eigenvalue weighted by atomic mass is 16.5. The summed E-state index contributed by atoms with van der Waals surface area (Å²) in [6, 6.07) is 5.72. The third-order valence-electron chi connectivity index (χ3n) is 3.55. The van der Waals surface area contributed by atoms with Gasteiger partial charge in [0, 0.05) is 26.1 Å². The van der Waals surface area contributed by atoms with E-state index in [0.717, 1.165) is 38.4 Å². The van der Waals surface area contributed by atoms with Crippen LogP contribution in [0.4, 0.5) is 0 Å². The lowest BCUT2D eigenvalue weighted by Gasteiger charge is -2.26. The van der Waals surface area contributed by atoms with Crippen LogP contribution < -0.4 is 4.74 Å². The average Bonchev–Trinajstić information content (AvgIpc) is 2.52. The molecule has 0 aromatic heterocycles. The van der Waals surface area contributed by atoms with Crippen molar-refractivity contribution in [3.8, 4) is 5.75 Å². The lowest BCUT2D eigenvalue weighted by atomic mass is 10.0. The van der Waals surface area contributed by atoms with E-state index in [9.17, 15) is 4.79 Å². The molecule has 0 radical (unpaired) electrons. The van der Waals surface area contributed by atoms with Crippen LogP contribution in [-0.4, -0.2) is 50.1 Å². The molecule has 4 nitrogen and oxygen atoms in total. The van der Waals surface area contributed by atoms with Crippen molar-refractivity contribution in [1.29, 1.82) is 0 Å². The summed E-state index contributed by atoms with van der Waals surface area (Å²) in [7, 11) is 0. The summed E-state index contributed by atoms with van der Waals surface area (Å²) in [5, 5.41) is 0. The first-order chi connectivity index (χ1) is 10.2. The molecule has 1 aliphatic rings. The predicted molar refractivity (Wildman–Crippen MR) is 83.1 cm³/mol. The Morgan fingerprint density at radius 2 is 2.19 bits per heavy atom. The fourth-order valence-corrected chi connectivity index (χ4v) is 2.36. The van der Waals surface area contributed by atoms with Gasteiger partial charge in [0.1, 0.15) is 12.4 Å². The molecule has 1 aromatic rings. The Bertz CT molecular complexity index is 493. The largest absolute Gasteiger partial charge is 0.489 e. The highest BCUT2D eigenvalue weighted by Gasteiger charge is 2.16. The van der Waals surface area contributed by atoms with E-state index >= 15 is 0 Å². The quantitative estimate of drug-likeness (QED) is 0.571. The zero-order valence-corrected chi connectivity index (χ0v) is 12.6. The fourth-order valence-electron chi connectivity index (χ4n) is 2.36. The van der Waals surface area contributed by atoms with Crippen molar-refractivity contribution in [3.63, 3.8) is 0 Å². The molecule has 0 spiro atoms. The van der Waals surface area contributed by atoms with E-state index in [4.69, 9.17) is 9.47 Å². The Morgan fingerprint density at radius 1 is 1.43 bits per heavy atom. The molecule has 0 bridgehead atoms. The number of ether oxygens (including phenoxy) is 2. The Morgan fingerprint density at radius 3 is 2.90 bits per heavy atom. The Hall–Kier alpha value is -1.65. The second-order valence-electron chi connectivity index (χ2n) is 5.23. The zero-order valence-electron chi connectivity index (χ0n) is 12.6. The van der Waals surface area contributed by atoms with Crippen molar-refractivity contribution >= 4 is 5.78 Å². The van der Waals surface area contributed by atoms with Gasteiger partial charge in [-0.1, -0.05) is 24.3 Å². The van der Waals surface area contributed by atoms with Gasteiger partial charge in [-0.3, -0.25) is 9.69 Å². The smallest absolute Gasteiger partial charge is 0.167 e. The summed E-state index contributed by atoms with van der Waals surface area (Å²) in [5.74, 6) is 0.775. The summed E-state index contributed by atoms with van der Waals surface area (Å²) >= 11 is 0. The molecule has 1 heterocycles.